The number of halogens is 1. The molecule has 0 amide bonds. The van der Waals surface area contributed by atoms with Gasteiger partial charge in [0.05, 0.1) is 5.75 Å². The van der Waals surface area contributed by atoms with Crippen molar-refractivity contribution in [2.75, 3.05) is 5.75 Å². The van der Waals surface area contributed by atoms with Crippen LogP contribution in [0.25, 0.3) is 10.2 Å². The molecule has 0 N–H and O–H groups in total. The van der Waals surface area contributed by atoms with Crippen LogP contribution in [0, 0.1) is 5.82 Å². The number of hydrogen-bond donors (Lipinski definition) is 0. The Bertz CT molecular complexity index is 772. The lowest BCUT2D eigenvalue weighted by Crippen LogP contribution is -2.03. The molecule has 3 nitrogen and oxygen atoms in total. The molecule has 0 bridgehead atoms. The predicted octanol–water partition coefficient (Wildman–Crippen LogP) is 3.81. The monoisotopic (exact) mass is 304 g/mol. The Morgan fingerprint density at radius 1 is 1.30 bits per heavy atom. The van der Waals surface area contributed by atoms with E-state index in [-0.39, 0.29) is 11.5 Å². The van der Waals surface area contributed by atoms with Crippen LogP contribution in [0.2, 0.25) is 0 Å². The number of Topliss-reactive ketones (excluding diaryl/α,β-unsaturated/α-hetero) is 1. The number of rotatable bonds is 4. The van der Waals surface area contributed by atoms with E-state index >= 15 is 0 Å². The molecular formula is C14H9FN2OS2. The van der Waals surface area contributed by atoms with Crippen molar-refractivity contribution in [1.29, 1.82) is 0 Å². The summed E-state index contributed by atoms with van der Waals surface area (Å²) in [5.74, 6) is -0.287. The third kappa shape index (κ3) is 2.71. The summed E-state index contributed by atoms with van der Waals surface area (Å²) < 4.78 is 13.1. The van der Waals surface area contributed by atoms with E-state index < -0.39 is 5.82 Å². The fourth-order valence-electron chi connectivity index (χ4n) is 1.76. The maximum absolute atomic E-state index is 13.1. The zero-order valence-corrected chi connectivity index (χ0v) is 11.9. The van der Waals surface area contributed by atoms with Crippen LogP contribution >= 0.6 is 23.1 Å². The van der Waals surface area contributed by atoms with Crippen LogP contribution in [-0.2, 0) is 0 Å². The summed E-state index contributed by atoms with van der Waals surface area (Å²) in [4.78, 5) is 21.3. The Morgan fingerprint density at radius 3 is 3.05 bits per heavy atom. The van der Waals surface area contributed by atoms with Crippen molar-refractivity contribution in [3.63, 3.8) is 0 Å². The van der Waals surface area contributed by atoms with Gasteiger partial charge < -0.3 is 0 Å². The third-order valence-corrected chi connectivity index (χ3v) is 4.54. The van der Waals surface area contributed by atoms with Crippen LogP contribution in [0.3, 0.4) is 0 Å². The molecule has 2 heterocycles. The predicted molar refractivity (Wildman–Crippen MR) is 78.9 cm³/mol. The topological polar surface area (TPSA) is 42.9 Å². The van der Waals surface area contributed by atoms with E-state index in [9.17, 15) is 9.18 Å². The molecule has 0 unspecified atom stereocenters. The molecule has 0 atom stereocenters. The Morgan fingerprint density at radius 2 is 2.20 bits per heavy atom. The largest absolute Gasteiger partial charge is 0.293 e. The normalized spacial score (nSPS) is 10.8. The Labute approximate surface area is 122 Å². The smallest absolute Gasteiger partial charge is 0.173 e. The van der Waals surface area contributed by atoms with Gasteiger partial charge in [0.2, 0.25) is 0 Å². The average molecular weight is 304 g/mol. The summed E-state index contributed by atoms with van der Waals surface area (Å²) in [5.41, 5.74) is 0.383. The van der Waals surface area contributed by atoms with E-state index in [2.05, 4.69) is 9.97 Å². The summed E-state index contributed by atoms with van der Waals surface area (Å²) in [7, 11) is 0. The van der Waals surface area contributed by atoms with Crippen LogP contribution in [0.4, 0.5) is 4.39 Å². The van der Waals surface area contributed by atoms with Gasteiger partial charge in [-0.2, -0.15) is 0 Å². The van der Waals surface area contributed by atoms with Gasteiger partial charge in [0.25, 0.3) is 0 Å². The Hall–Kier alpha value is -1.79. The van der Waals surface area contributed by atoms with E-state index in [0.29, 0.717) is 5.56 Å². The lowest BCUT2D eigenvalue weighted by atomic mass is 10.1. The molecule has 1 aromatic carbocycles. The molecule has 0 spiro atoms. The van der Waals surface area contributed by atoms with Gasteiger partial charge >= 0.3 is 0 Å². The Balaban J connectivity index is 1.76. The molecule has 0 saturated carbocycles. The number of fused-ring (bicyclic) bond motifs is 1. The molecular weight excluding hydrogens is 295 g/mol. The van der Waals surface area contributed by atoms with Crippen LogP contribution in [0.1, 0.15) is 10.4 Å². The minimum absolute atomic E-state index is 0.114. The SMILES string of the molecule is O=C(CSc1ncnc2sccc12)c1cccc(F)c1. The second kappa shape index (κ2) is 5.68. The zero-order valence-electron chi connectivity index (χ0n) is 10.2. The highest BCUT2D eigenvalue weighted by molar-refractivity contribution is 8.00. The minimum Gasteiger partial charge on any atom is -0.293 e. The second-order valence-corrected chi connectivity index (χ2v) is 5.90. The molecule has 3 rings (SSSR count). The van der Waals surface area contributed by atoms with Crippen LogP contribution in [-0.4, -0.2) is 21.5 Å². The minimum atomic E-state index is -0.400. The maximum atomic E-state index is 13.1. The van der Waals surface area contributed by atoms with Gasteiger partial charge in [0.1, 0.15) is 22.0 Å². The molecule has 0 saturated heterocycles. The van der Waals surface area contributed by atoms with Gasteiger partial charge in [-0.25, -0.2) is 14.4 Å². The molecule has 0 fully saturated rings. The van der Waals surface area contributed by atoms with Crippen molar-refractivity contribution in [3.05, 3.63) is 53.4 Å². The second-order valence-electron chi connectivity index (χ2n) is 4.04. The number of benzene rings is 1. The van der Waals surface area contributed by atoms with Crippen LogP contribution in [0.15, 0.2) is 47.1 Å². The lowest BCUT2D eigenvalue weighted by molar-refractivity contribution is 0.102. The highest BCUT2D eigenvalue weighted by Gasteiger charge is 2.10. The van der Waals surface area contributed by atoms with Crippen LogP contribution in [0.5, 0.6) is 0 Å². The lowest BCUT2D eigenvalue weighted by Gasteiger charge is -2.02. The first-order valence-corrected chi connectivity index (χ1v) is 7.70. The summed E-state index contributed by atoms with van der Waals surface area (Å²) in [6.45, 7) is 0. The molecule has 6 heteroatoms. The van der Waals surface area contributed by atoms with Crippen molar-refractivity contribution in [1.82, 2.24) is 9.97 Å². The maximum Gasteiger partial charge on any atom is 0.173 e. The van der Waals surface area contributed by atoms with Crippen molar-refractivity contribution >= 4 is 39.1 Å². The fraction of sp³-hybridized carbons (Fsp3) is 0.0714. The number of aromatic nitrogens is 2. The fourth-order valence-corrected chi connectivity index (χ4v) is 3.44. The number of nitrogens with zero attached hydrogens (tertiary/aromatic N) is 2. The zero-order chi connectivity index (χ0) is 13.9. The van der Waals surface area contributed by atoms with Crippen LogP contribution < -0.4 is 0 Å². The third-order valence-electron chi connectivity index (χ3n) is 2.71. The average Bonchev–Trinajstić information content (AvgIpc) is 2.93. The molecule has 0 radical (unpaired) electrons. The number of ketones is 1. The van der Waals surface area contributed by atoms with Gasteiger partial charge in [-0.15, -0.1) is 11.3 Å². The molecule has 0 aliphatic heterocycles. The molecule has 2 aromatic heterocycles. The highest BCUT2D eigenvalue weighted by atomic mass is 32.2. The first kappa shape index (κ1) is 13.2. The van der Waals surface area contributed by atoms with Gasteiger partial charge in [-0.1, -0.05) is 23.9 Å². The number of hydrogen-bond acceptors (Lipinski definition) is 5. The number of thioether (sulfide) groups is 1. The number of thiophene rings is 1. The molecule has 100 valence electrons. The Kier molecular flexibility index (Phi) is 3.75. The van der Waals surface area contributed by atoms with E-state index in [1.807, 2.05) is 11.4 Å². The standard InChI is InChI=1S/C14H9FN2OS2/c15-10-3-1-2-9(6-10)12(18)7-20-14-11-4-5-19-13(11)16-8-17-14/h1-6,8H,7H2. The van der Waals surface area contributed by atoms with E-state index in [1.165, 1.54) is 47.6 Å². The van der Waals surface area contributed by atoms with Gasteiger partial charge in [-0.3, -0.25) is 4.79 Å². The molecule has 0 aliphatic rings. The summed E-state index contributed by atoms with van der Waals surface area (Å²) in [6, 6.07) is 7.67. The number of carbonyl (C=O) groups is 1. The first-order valence-electron chi connectivity index (χ1n) is 5.84. The molecule has 3 aromatic rings. The first-order chi connectivity index (χ1) is 9.74. The van der Waals surface area contributed by atoms with Crippen molar-refractivity contribution in [2.24, 2.45) is 0 Å². The van der Waals surface area contributed by atoms with E-state index in [4.69, 9.17) is 0 Å². The summed E-state index contributed by atoms with van der Waals surface area (Å²) in [5, 5.41) is 3.67. The quantitative estimate of drug-likeness (QED) is 0.418. The van der Waals surface area contributed by atoms with Gasteiger partial charge in [-0.05, 0) is 23.6 Å². The summed E-state index contributed by atoms with van der Waals surface area (Å²) >= 11 is 2.88. The molecule has 20 heavy (non-hydrogen) atoms. The van der Waals surface area contributed by atoms with Crippen molar-refractivity contribution in [3.8, 4) is 0 Å². The summed E-state index contributed by atoms with van der Waals surface area (Å²) in [6.07, 6.45) is 1.49. The highest BCUT2D eigenvalue weighted by Crippen LogP contribution is 2.28. The molecule has 0 aliphatic carbocycles. The van der Waals surface area contributed by atoms with E-state index in [0.717, 1.165) is 15.2 Å². The van der Waals surface area contributed by atoms with Gasteiger partial charge in [0.15, 0.2) is 5.78 Å². The number of carbonyl (C=O) groups excluding carboxylic acids is 1. The van der Waals surface area contributed by atoms with Crippen molar-refractivity contribution < 1.29 is 9.18 Å². The van der Waals surface area contributed by atoms with Crippen molar-refractivity contribution in [2.45, 2.75) is 5.03 Å². The van der Waals surface area contributed by atoms with E-state index in [1.54, 1.807) is 6.07 Å². The van der Waals surface area contributed by atoms with Gasteiger partial charge in [0, 0.05) is 10.9 Å².